The predicted octanol–water partition coefficient (Wildman–Crippen LogP) is 4.10. The van der Waals surface area contributed by atoms with Gasteiger partial charge < -0.3 is 11.1 Å². The van der Waals surface area contributed by atoms with Gasteiger partial charge in [0.15, 0.2) is 0 Å². The van der Waals surface area contributed by atoms with E-state index in [1.165, 1.54) is 0 Å². The van der Waals surface area contributed by atoms with E-state index < -0.39 is 0 Å². The Balaban J connectivity index is 1.98. The van der Waals surface area contributed by atoms with Gasteiger partial charge in [-0.15, -0.1) is 11.3 Å². The molecule has 0 saturated carbocycles. The van der Waals surface area contributed by atoms with E-state index in [1.807, 2.05) is 36.4 Å². The molecule has 0 aliphatic carbocycles. The van der Waals surface area contributed by atoms with E-state index in [9.17, 15) is 0 Å². The summed E-state index contributed by atoms with van der Waals surface area (Å²) in [7, 11) is 0. The molecular formula is C14H13ClN4S. The number of para-hydroxylation sites is 1. The molecule has 1 atom stereocenters. The number of anilines is 2. The van der Waals surface area contributed by atoms with E-state index in [-0.39, 0.29) is 12.0 Å². The number of nitrogens with two attached hydrogens (primary N) is 1. The number of nitrogens with one attached hydrogen (secondary N) is 1. The van der Waals surface area contributed by atoms with Gasteiger partial charge in [0.05, 0.1) is 15.9 Å². The van der Waals surface area contributed by atoms with Crippen LogP contribution in [0.1, 0.15) is 17.8 Å². The minimum absolute atomic E-state index is 0.102. The number of thiophene rings is 1. The number of halogens is 1. The van der Waals surface area contributed by atoms with Gasteiger partial charge in [-0.25, -0.2) is 4.98 Å². The monoisotopic (exact) mass is 304 g/mol. The Morgan fingerprint density at radius 1 is 1.20 bits per heavy atom. The SMILES string of the molecule is CC(Nc1nc(N)nc2ccccc12)c1ccc(Cl)s1. The van der Waals surface area contributed by atoms with Crippen molar-refractivity contribution in [3.8, 4) is 0 Å². The third-order valence-electron chi connectivity index (χ3n) is 2.99. The zero-order valence-corrected chi connectivity index (χ0v) is 12.4. The highest BCUT2D eigenvalue weighted by atomic mass is 35.5. The molecule has 0 amide bonds. The Hall–Kier alpha value is -1.85. The molecule has 3 N–H and O–H groups in total. The number of rotatable bonds is 3. The summed E-state index contributed by atoms with van der Waals surface area (Å²) in [6.45, 7) is 2.06. The maximum absolute atomic E-state index is 5.97. The second-order valence-corrected chi connectivity index (χ2v) is 6.20. The minimum atomic E-state index is 0.102. The fourth-order valence-electron chi connectivity index (χ4n) is 2.04. The lowest BCUT2D eigenvalue weighted by Gasteiger charge is -2.14. The number of aromatic nitrogens is 2. The van der Waals surface area contributed by atoms with E-state index in [0.717, 1.165) is 25.9 Å². The van der Waals surface area contributed by atoms with Crippen molar-refractivity contribution >= 4 is 45.6 Å². The zero-order chi connectivity index (χ0) is 14.1. The number of benzene rings is 1. The molecule has 4 nitrogen and oxygen atoms in total. The molecule has 0 fully saturated rings. The fraction of sp³-hybridized carbons (Fsp3) is 0.143. The van der Waals surface area contributed by atoms with Crippen LogP contribution in [0.25, 0.3) is 10.9 Å². The summed E-state index contributed by atoms with van der Waals surface area (Å²) >= 11 is 7.53. The minimum Gasteiger partial charge on any atom is -0.368 e. The molecule has 3 rings (SSSR count). The van der Waals surface area contributed by atoms with Gasteiger partial charge in [0.1, 0.15) is 5.82 Å². The highest BCUT2D eigenvalue weighted by molar-refractivity contribution is 7.16. The Kier molecular flexibility index (Phi) is 3.46. The molecule has 3 aromatic rings. The molecule has 2 aromatic heterocycles. The first-order chi connectivity index (χ1) is 9.63. The second-order valence-electron chi connectivity index (χ2n) is 4.46. The van der Waals surface area contributed by atoms with Crippen molar-refractivity contribution in [2.75, 3.05) is 11.1 Å². The van der Waals surface area contributed by atoms with Gasteiger partial charge in [0.2, 0.25) is 5.95 Å². The third kappa shape index (κ3) is 2.55. The van der Waals surface area contributed by atoms with E-state index in [4.69, 9.17) is 17.3 Å². The van der Waals surface area contributed by atoms with Crippen molar-refractivity contribution in [2.24, 2.45) is 0 Å². The first-order valence-corrected chi connectivity index (χ1v) is 7.37. The molecule has 0 saturated heterocycles. The van der Waals surface area contributed by atoms with E-state index in [2.05, 4.69) is 22.2 Å². The predicted molar refractivity (Wildman–Crippen MR) is 85.3 cm³/mol. The second kappa shape index (κ2) is 5.26. The summed E-state index contributed by atoms with van der Waals surface area (Å²) in [5.41, 5.74) is 6.59. The van der Waals surface area contributed by atoms with Gasteiger partial charge in [0, 0.05) is 10.3 Å². The molecule has 0 spiro atoms. The number of fused-ring (bicyclic) bond motifs is 1. The maximum atomic E-state index is 5.97. The molecule has 0 bridgehead atoms. The van der Waals surface area contributed by atoms with Gasteiger partial charge in [0.25, 0.3) is 0 Å². The van der Waals surface area contributed by atoms with Crippen LogP contribution >= 0.6 is 22.9 Å². The highest BCUT2D eigenvalue weighted by Gasteiger charge is 2.12. The first-order valence-electron chi connectivity index (χ1n) is 6.17. The van der Waals surface area contributed by atoms with Gasteiger partial charge in [-0.2, -0.15) is 4.98 Å². The van der Waals surface area contributed by atoms with Crippen LogP contribution in [-0.4, -0.2) is 9.97 Å². The van der Waals surface area contributed by atoms with Crippen molar-refractivity contribution in [1.29, 1.82) is 0 Å². The summed E-state index contributed by atoms with van der Waals surface area (Å²) in [4.78, 5) is 9.68. The van der Waals surface area contributed by atoms with Gasteiger partial charge in [-0.1, -0.05) is 23.7 Å². The van der Waals surface area contributed by atoms with Crippen molar-refractivity contribution in [3.05, 3.63) is 45.6 Å². The van der Waals surface area contributed by atoms with Crippen LogP contribution in [0.3, 0.4) is 0 Å². The quantitative estimate of drug-likeness (QED) is 0.764. The summed E-state index contributed by atoms with van der Waals surface area (Å²) in [5, 5.41) is 4.33. The normalized spacial score (nSPS) is 12.5. The molecule has 20 heavy (non-hydrogen) atoms. The summed E-state index contributed by atoms with van der Waals surface area (Å²) in [6.07, 6.45) is 0. The Bertz CT molecular complexity index is 756. The average Bonchev–Trinajstić information content (AvgIpc) is 2.85. The van der Waals surface area contributed by atoms with Crippen LogP contribution in [0.2, 0.25) is 4.34 Å². The molecule has 1 unspecified atom stereocenters. The Labute approximate surface area is 125 Å². The fourth-order valence-corrected chi connectivity index (χ4v) is 3.11. The largest absolute Gasteiger partial charge is 0.368 e. The topological polar surface area (TPSA) is 63.8 Å². The van der Waals surface area contributed by atoms with Crippen LogP contribution in [0, 0.1) is 0 Å². The number of hydrogen-bond donors (Lipinski definition) is 2. The Morgan fingerprint density at radius 3 is 2.75 bits per heavy atom. The lowest BCUT2D eigenvalue weighted by molar-refractivity contribution is 0.899. The van der Waals surface area contributed by atoms with Crippen LogP contribution in [0.15, 0.2) is 36.4 Å². The van der Waals surface area contributed by atoms with Crippen molar-refractivity contribution < 1.29 is 0 Å². The smallest absolute Gasteiger partial charge is 0.222 e. The highest BCUT2D eigenvalue weighted by Crippen LogP contribution is 2.30. The molecular weight excluding hydrogens is 292 g/mol. The molecule has 1 aromatic carbocycles. The molecule has 102 valence electrons. The van der Waals surface area contributed by atoms with Crippen LogP contribution in [0.4, 0.5) is 11.8 Å². The first kappa shape index (κ1) is 13.1. The lowest BCUT2D eigenvalue weighted by Crippen LogP contribution is -2.08. The summed E-state index contributed by atoms with van der Waals surface area (Å²) in [6, 6.07) is 11.8. The van der Waals surface area contributed by atoms with Gasteiger partial charge in [-0.05, 0) is 31.2 Å². The molecule has 0 aliphatic heterocycles. The van der Waals surface area contributed by atoms with Crippen LogP contribution in [-0.2, 0) is 0 Å². The Morgan fingerprint density at radius 2 is 2.00 bits per heavy atom. The number of hydrogen-bond acceptors (Lipinski definition) is 5. The maximum Gasteiger partial charge on any atom is 0.222 e. The standard InChI is InChI=1S/C14H13ClN4S/c1-8(11-6-7-12(15)20-11)17-13-9-4-2-3-5-10(9)18-14(16)19-13/h2-8H,1H3,(H3,16,17,18,19). The van der Waals surface area contributed by atoms with E-state index >= 15 is 0 Å². The van der Waals surface area contributed by atoms with E-state index in [0.29, 0.717) is 0 Å². The number of nitrogens with zero attached hydrogens (tertiary/aromatic N) is 2. The zero-order valence-electron chi connectivity index (χ0n) is 10.8. The summed E-state index contributed by atoms with van der Waals surface area (Å²) in [5.74, 6) is 1.01. The molecule has 0 radical (unpaired) electrons. The average molecular weight is 305 g/mol. The van der Waals surface area contributed by atoms with Gasteiger partial charge >= 0.3 is 0 Å². The van der Waals surface area contributed by atoms with Gasteiger partial charge in [-0.3, -0.25) is 0 Å². The molecule has 2 heterocycles. The van der Waals surface area contributed by atoms with Crippen LogP contribution in [0.5, 0.6) is 0 Å². The summed E-state index contributed by atoms with van der Waals surface area (Å²) < 4.78 is 0.778. The third-order valence-corrected chi connectivity index (χ3v) is 4.41. The van der Waals surface area contributed by atoms with Crippen LogP contribution < -0.4 is 11.1 Å². The van der Waals surface area contributed by atoms with E-state index in [1.54, 1.807) is 11.3 Å². The molecule has 0 aliphatic rings. The number of nitrogen functional groups attached to an aromatic ring is 1. The molecule has 6 heteroatoms. The van der Waals surface area contributed by atoms with Crippen molar-refractivity contribution in [3.63, 3.8) is 0 Å². The van der Waals surface area contributed by atoms with Crippen molar-refractivity contribution in [2.45, 2.75) is 13.0 Å². The lowest BCUT2D eigenvalue weighted by atomic mass is 10.2. The van der Waals surface area contributed by atoms with Crippen molar-refractivity contribution in [1.82, 2.24) is 9.97 Å².